The first-order valence-electron chi connectivity index (χ1n) is 7.75. The number of ether oxygens (including phenoxy) is 1. The van der Waals surface area contributed by atoms with E-state index in [4.69, 9.17) is 4.74 Å². The molecule has 1 aromatic heterocycles. The first-order chi connectivity index (χ1) is 11.5. The zero-order chi connectivity index (χ0) is 17.5. The Balaban J connectivity index is 2.13. The Kier molecular flexibility index (Phi) is 6.43. The Morgan fingerprint density at radius 2 is 2.12 bits per heavy atom. The highest BCUT2D eigenvalue weighted by atomic mass is 19.2. The molecule has 1 heterocycles. The van der Waals surface area contributed by atoms with E-state index in [1.165, 1.54) is 12.1 Å². The van der Waals surface area contributed by atoms with Gasteiger partial charge < -0.3 is 14.2 Å². The molecule has 0 spiro atoms. The predicted molar refractivity (Wildman–Crippen MR) is 85.3 cm³/mol. The largest absolute Gasteiger partial charge is 0.383 e. The maximum Gasteiger partial charge on any atom is 0.222 e. The van der Waals surface area contributed by atoms with Crippen LogP contribution in [0.15, 0.2) is 30.6 Å². The van der Waals surface area contributed by atoms with Crippen LogP contribution in [0.5, 0.6) is 0 Å². The van der Waals surface area contributed by atoms with Crippen LogP contribution in [-0.2, 0) is 22.6 Å². The second-order valence-electron chi connectivity index (χ2n) is 5.38. The first kappa shape index (κ1) is 18.1. The summed E-state index contributed by atoms with van der Waals surface area (Å²) in [6.45, 7) is 3.41. The van der Waals surface area contributed by atoms with E-state index in [0.717, 1.165) is 6.07 Å². The molecule has 0 N–H and O–H groups in total. The molecule has 0 aliphatic carbocycles. The molecule has 0 atom stereocenters. The van der Waals surface area contributed by atoms with E-state index in [9.17, 15) is 13.6 Å². The van der Waals surface area contributed by atoms with Crippen molar-refractivity contribution in [3.63, 3.8) is 0 Å². The van der Waals surface area contributed by atoms with Crippen LogP contribution in [0.4, 0.5) is 8.78 Å². The van der Waals surface area contributed by atoms with Crippen LogP contribution in [0.3, 0.4) is 0 Å². The number of halogens is 2. The summed E-state index contributed by atoms with van der Waals surface area (Å²) in [6.07, 6.45) is 3.77. The van der Waals surface area contributed by atoms with Gasteiger partial charge in [-0.25, -0.2) is 13.8 Å². The van der Waals surface area contributed by atoms with Gasteiger partial charge in [-0.05, 0) is 17.7 Å². The van der Waals surface area contributed by atoms with Gasteiger partial charge in [0.1, 0.15) is 5.82 Å². The van der Waals surface area contributed by atoms with Gasteiger partial charge in [0, 0.05) is 39.0 Å². The smallest absolute Gasteiger partial charge is 0.222 e. The molecule has 0 fully saturated rings. The summed E-state index contributed by atoms with van der Waals surface area (Å²) in [7, 11) is 1.58. The van der Waals surface area contributed by atoms with Crippen molar-refractivity contribution in [1.29, 1.82) is 0 Å². The molecule has 0 aliphatic rings. The van der Waals surface area contributed by atoms with Crippen LogP contribution >= 0.6 is 0 Å². The number of rotatable bonds is 8. The maximum atomic E-state index is 13.3. The zero-order valence-corrected chi connectivity index (χ0v) is 13.8. The van der Waals surface area contributed by atoms with E-state index in [1.807, 2.05) is 4.57 Å². The minimum Gasteiger partial charge on any atom is -0.383 e. The van der Waals surface area contributed by atoms with E-state index in [1.54, 1.807) is 31.3 Å². The third kappa shape index (κ3) is 4.61. The molecule has 7 heteroatoms. The van der Waals surface area contributed by atoms with Gasteiger partial charge in [-0.15, -0.1) is 0 Å². The molecule has 5 nitrogen and oxygen atoms in total. The van der Waals surface area contributed by atoms with E-state index in [2.05, 4.69) is 4.98 Å². The fourth-order valence-corrected chi connectivity index (χ4v) is 2.36. The number of amides is 1. The van der Waals surface area contributed by atoms with Gasteiger partial charge in [-0.2, -0.15) is 0 Å². The van der Waals surface area contributed by atoms with E-state index >= 15 is 0 Å². The van der Waals surface area contributed by atoms with Gasteiger partial charge in [-0.1, -0.05) is 13.0 Å². The number of methoxy groups -OCH3 is 1. The summed E-state index contributed by atoms with van der Waals surface area (Å²) in [5.74, 6) is -1.06. The summed E-state index contributed by atoms with van der Waals surface area (Å²) in [6, 6.07) is 3.80. The lowest BCUT2D eigenvalue weighted by atomic mass is 10.2. The number of imidazole rings is 1. The monoisotopic (exact) mass is 337 g/mol. The average molecular weight is 337 g/mol. The summed E-state index contributed by atoms with van der Waals surface area (Å²) in [5, 5.41) is 0. The topological polar surface area (TPSA) is 47.4 Å². The lowest BCUT2D eigenvalue weighted by molar-refractivity contribution is -0.132. The number of benzene rings is 1. The Bertz CT molecular complexity index is 688. The van der Waals surface area contributed by atoms with Crippen LogP contribution in [0.1, 0.15) is 24.7 Å². The average Bonchev–Trinajstić information content (AvgIpc) is 3.01. The van der Waals surface area contributed by atoms with Crippen LogP contribution in [0.2, 0.25) is 0 Å². The van der Waals surface area contributed by atoms with Crippen molar-refractivity contribution in [2.24, 2.45) is 0 Å². The van der Waals surface area contributed by atoms with Crippen molar-refractivity contribution in [2.75, 3.05) is 20.3 Å². The van der Waals surface area contributed by atoms with Gasteiger partial charge in [0.25, 0.3) is 0 Å². The van der Waals surface area contributed by atoms with Crippen LogP contribution in [-0.4, -0.2) is 40.6 Å². The molecule has 0 radical (unpaired) electrons. The molecule has 1 amide bonds. The fourth-order valence-electron chi connectivity index (χ4n) is 2.36. The van der Waals surface area contributed by atoms with E-state index in [0.29, 0.717) is 44.0 Å². The number of aromatic nitrogens is 2. The molecule has 2 aromatic rings. The van der Waals surface area contributed by atoms with E-state index < -0.39 is 11.6 Å². The Morgan fingerprint density at radius 3 is 2.79 bits per heavy atom. The number of hydrogen-bond acceptors (Lipinski definition) is 3. The van der Waals surface area contributed by atoms with Gasteiger partial charge in [0.05, 0.1) is 13.2 Å². The molecular weight excluding hydrogens is 316 g/mol. The first-order valence-corrected chi connectivity index (χ1v) is 7.75. The van der Waals surface area contributed by atoms with Crippen molar-refractivity contribution in [1.82, 2.24) is 14.5 Å². The Hall–Kier alpha value is -2.28. The van der Waals surface area contributed by atoms with Crippen molar-refractivity contribution < 1.29 is 18.3 Å². The second kappa shape index (κ2) is 8.54. The minimum atomic E-state index is -0.878. The van der Waals surface area contributed by atoms with Crippen molar-refractivity contribution in [2.45, 2.75) is 26.4 Å². The molecule has 0 saturated carbocycles. The molecule has 0 saturated heterocycles. The van der Waals surface area contributed by atoms with Crippen LogP contribution in [0, 0.1) is 11.6 Å². The summed E-state index contributed by atoms with van der Waals surface area (Å²) in [5.41, 5.74) is 0.624. The standard InChI is InChI=1S/C17H21F2N3O2/c1-3-17(23)22(8-9-24-2)12-16-20-6-7-21(16)11-13-4-5-14(18)15(19)10-13/h4-7,10H,3,8-9,11-12H2,1-2H3. The van der Waals surface area contributed by atoms with Crippen molar-refractivity contribution in [3.8, 4) is 0 Å². The highest BCUT2D eigenvalue weighted by Gasteiger charge is 2.15. The van der Waals surface area contributed by atoms with Gasteiger partial charge in [0.15, 0.2) is 11.6 Å². The van der Waals surface area contributed by atoms with Crippen molar-refractivity contribution >= 4 is 5.91 Å². The molecule has 2 rings (SSSR count). The van der Waals surface area contributed by atoms with Crippen LogP contribution in [0.25, 0.3) is 0 Å². The SMILES string of the molecule is CCC(=O)N(CCOC)Cc1nccn1Cc1ccc(F)c(F)c1. The molecule has 130 valence electrons. The van der Waals surface area contributed by atoms with Gasteiger partial charge in [0.2, 0.25) is 5.91 Å². The van der Waals surface area contributed by atoms with E-state index in [-0.39, 0.29) is 5.91 Å². The highest BCUT2D eigenvalue weighted by molar-refractivity contribution is 5.75. The van der Waals surface area contributed by atoms with Crippen molar-refractivity contribution in [3.05, 3.63) is 53.6 Å². The number of nitrogens with zero attached hydrogens (tertiary/aromatic N) is 3. The normalized spacial score (nSPS) is 10.8. The molecular formula is C17H21F2N3O2. The second-order valence-corrected chi connectivity index (χ2v) is 5.38. The fraction of sp³-hybridized carbons (Fsp3) is 0.412. The Labute approximate surface area is 139 Å². The summed E-state index contributed by atoms with van der Waals surface area (Å²) >= 11 is 0. The van der Waals surface area contributed by atoms with Crippen LogP contribution < -0.4 is 0 Å². The minimum absolute atomic E-state index is 0.00873. The maximum absolute atomic E-state index is 13.3. The molecule has 0 bridgehead atoms. The number of carbonyl (C=O) groups is 1. The van der Waals surface area contributed by atoms with Gasteiger partial charge >= 0.3 is 0 Å². The molecule has 0 unspecified atom stereocenters. The lowest BCUT2D eigenvalue weighted by Gasteiger charge is -2.22. The quantitative estimate of drug-likeness (QED) is 0.744. The zero-order valence-electron chi connectivity index (χ0n) is 13.8. The molecule has 24 heavy (non-hydrogen) atoms. The Morgan fingerprint density at radius 1 is 1.33 bits per heavy atom. The highest BCUT2D eigenvalue weighted by Crippen LogP contribution is 2.12. The predicted octanol–water partition coefficient (Wildman–Crippen LogP) is 2.59. The third-order valence-electron chi connectivity index (χ3n) is 3.69. The number of hydrogen-bond donors (Lipinski definition) is 0. The molecule has 0 aliphatic heterocycles. The lowest BCUT2D eigenvalue weighted by Crippen LogP contribution is -2.34. The molecule has 1 aromatic carbocycles. The third-order valence-corrected chi connectivity index (χ3v) is 3.69. The van der Waals surface area contributed by atoms with Gasteiger partial charge in [-0.3, -0.25) is 4.79 Å². The summed E-state index contributed by atoms with van der Waals surface area (Å²) < 4.78 is 33.2. The summed E-state index contributed by atoms with van der Waals surface area (Å²) in [4.78, 5) is 18.0. The number of carbonyl (C=O) groups excluding carboxylic acids is 1.